The van der Waals surface area contributed by atoms with Crippen molar-refractivity contribution in [3.8, 4) is 0 Å². The third-order valence-corrected chi connectivity index (χ3v) is 3.10. The Morgan fingerprint density at radius 3 is 2.53 bits per heavy atom. The average molecular weight is 239 g/mol. The van der Waals surface area contributed by atoms with Gasteiger partial charge < -0.3 is 10.2 Å². The summed E-state index contributed by atoms with van der Waals surface area (Å²) < 4.78 is 13.5. The fourth-order valence-corrected chi connectivity index (χ4v) is 2.17. The van der Waals surface area contributed by atoms with Gasteiger partial charge in [0.2, 0.25) is 0 Å². The van der Waals surface area contributed by atoms with Gasteiger partial charge in [-0.15, -0.1) is 0 Å². The van der Waals surface area contributed by atoms with Crippen LogP contribution in [0.3, 0.4) is 0 Å². The smallest absolute Gasteiger partial charge is 0.324 e. The van der Waals surface area contributed by atoms with E-state index in [1.165, 1.54) is 4.90 Å². The molecule has 1 aliphatic heterocycles. The molecule has 1 aliphatic rings. The molecule has 3 atom stereocenters. The van der Waals surface area contributed by atoms with Gasteiger partial charge in [-0.05, 0) is 5.56 Å². The van der Waals surface area contributed by atoms with Gasteiger partial charge in [-0.3, -0.25) is 9.69 Å². The molecule has 0 spiro atoms. The lowest BCUT2D eigenvalue weighted by atomic mass is 9.90. The number of alkyl halides is 1. The summed E-state index contributed by atoms with van der Waals surface area (Å²) in [6, 6.07) is 7.37. The number of benzene rings is 1. The minimum atomic E-state index is -1.50. The first-order chi connectivity index (χ1) is 8.15. The monoisotopic (exact) mass is 239 g/mol. The van der Waals surface area contributed by atoms with Crippen LogP contribution in [-0.2, 0) is 11.3 Å². The fraction of sp³-hybridized carbons (Fsp3) is 0.417. The Hall–Kier alpha value is -1.46. The molecule has 0 aliphatic carbocycles. The first-order valence-electron chi connectivity index (χ1n) is 5.42. The molecule has 17 heavy (non-hydrogen) atoms. The van der Waals surface area contributed by atoms with Crippen LogP contribution in [0.15, 0.2) is 30.3 Å². The number of aliphatic hydroxyl groups is 1. The Kier molecular flexibility index (Phi) is 3.40. The van der Waals surface area contributed by atoms with Crippen molar-refractivity contribution in [1.82, 2.24) is 4.90 Å². The Morgan fingerprint density at radius 2 is 2.00 bits per heavy atom. The summed E-state index contributed by atoms with van der Waals surface area (Å²) >= 11 is 0. The highest BCUT2D eigenvalue weighted by molar-refractivity contribution is 5.76. The summed E-state index contributed by atoms with van der Waals surface area (Å²) in [5.74, 6) is -1.18. The Labute approximate surface area is 98.3 Å². The number of aliphatic carboxylic acids is 1. The molecule has 2 rings (SSSR count). The second kappa shape index (κ2) is 4.81. The molecule has 2 N–H and O–H groups in total. The summed E-state index contributed by atoms with van der Waals surface area (Å²) in [4.78, 5) is 12.4. The molecule has 1 fully saturated rings. The third kappa shape index (κ3) is 2.16. The van der Waals surface area contributed by atoms with Gasteiger partial charge in [0.15, 0.2) is 0 Å². The largest absolute Gasteiger partial charge is 0.480 e. The molecule has 1 saturated heterocycles. The van der Waals surface area contributed by atoms with Crippen molar-refractivity contribution in [2.75, 3.05) is 6.61 Å². The van der Waals surface area contributed by atoms with E-state index in [1.807, 2.05) is 30.3 Å². The number of nitrogens with zero attached hydrogens (tertiary/aromatic N) is 1. The van der Waals surface area contributed by atoms with Gasteiger partial charge in [0.25, 0.3) is 0 Å². The zero-order valence-electron chi connectivity index (χ0n) is 9.16. The molecule has 0 unspecified atom stereocenters. The van der Waals surface area contributed by atoms with Gasteiger partial charge in [0, 0.05) is 6.54 Å². The SMILES string of the molecule is O=C(O)[C@@H]1[C@@H](F)[C@H](CO)N1Cc1ccccc1. The molecule has 0 amide bonds. The van der Waals surface area contributed by atoms with Crippen molar-refractivity contribution in [2.45, 2.75) is 24.8 Å². The van der Waals surface area contributed by atoms with E-state index in [0.717, 1.165) is 5.56 Å². The minimum Gasteiger partial charge on any atom is -0.480 e. The lowest BCUT2D eigenvalue weighted by molar-refractivity contribution is -0.167. The Balaban J connectivity index is 2.10. The molecular formula is C12H14FNO3. The number of carbonyl (C=O) groups is 1. The standard InChI is InChI=1S/C12H14FNO3/c13-10-9(7-15)14(11(10)12(16)17)6-8-4-2-1-3-5-8/h1-5,9-11,15H,6-7H2,(H,16,17)/t9-,10-,11-/m0/s1. The van der Waals surface area contributed by atoms with Crippen LogP contribution in [0.2, 0.25) is 0 Å². The van der Waals surface area contributed by atoms with Crippen LogP contribution in [-0.4, -0.2) is 45.9 Å². The van der Waals surface area contributed by atoms with Crippen molar-refractivity contribution in [2.24, 2.45) is 0 Å². The van der Waals surface area contributed by atoms with Crippen LogP contribution in [0.25, 0.3) is 0 Å². The van der Waals surface area contributed by atoms with E-state index in [1.54, 1.807) is 0 Å². The number of likely N-dealkylation sites (tertiary alicyclic amines) is 1. The highest BCUT2D eigenvalue weighted by Gasteiger charge is 2.52. The Bertz CT molecular complexity index is 398. The lowest BCUT2D eigenvalue weighted by Crippen LogP contribution is -2.69. The summed E-state index contributed by atoms with van der Waals surface area (Å²) in [7, 11) is 0. The number of halogens is 1. The molecular weight excluding hydrogens is 225 g/mol. The van der Waals surface area contributed by atoms with Crippen LogP contribution in [0.5, 0.6) is 0 Å². The molecule has 1 aromatic rings. The predicted molar refractivity (Wildman–Crippen MR) is 59.2 cm³/mol. The van der Waals surface area contributed by atoms with Crippen molar-refractivity contribution in [1.29, 1.82) is 0 Å². The number of aliphatic hydroxyl groups excluding tert-OH is 1. The van der Waals surface area contributed by atoms with Gasteiger partial charge in [0.05, 0.1) is 12.6 Å². The first kappa shape index (κ1) is 12.0. The lowest BCUT2D eigenvalue weighted by Gasteiger charge is -2.48. The maximum atomic E-state index is 13.5. The maximum absolute atomic E-state index is 13.5. The fourth-order valence-electron chi connectivity index (χ4n) is 2.17. The minimum absolute atomic E-state index is 0.337. The van der Waals surface area contributed by atoms with E-state index < -0.39 is 24.2 Å². The zero-order valence-corrected chi connectivity index (χ0v) is 9.16. The average Bonchev–Trinajstić information content (AvgIpc) is 2.30. The number of rotatable bonds is 4. The van der Waals surface area contributed by atoms with Gasteiger partial charge in [-0.2, -0.15) is 0 Å². The highest BCUT2D eigenvalue weighted by Crippen LogP contribution is 2.31. The zero-order chi connectivity index (χ0) is 12.4. The first-order valence-corrected chi connectivity index (χ1v) is 5.42. The molecule has 5 heteroatoms. The molecule has 0 bridgehead atoms. The predicted octanol–water partition coefficient (Wildman–Crippen LogP) is 0.654. The van der Waals surface area contributed by atoms with Crippen LogP contribution in [0, 0.1) is 0 Å². The van der Waals surface area contributed by atoms with Crippen molar-refractivity contribution >= 4 is 5.97 Å². The second-order valence-corrected chi connectivity index (χ2v) is 4.14. The van der Waals surface area contributed by atoms with E-state index in [4.69, 9.17) is 10.2 Å². The van der Waals surface area contributed by atoms with Crippen LogP contribution in [0.1, 0.15) is 5.56 Å². The number of hydrogen-bond acceptors (Lipinski definition) is 3. The molecule has 0 radical (unpaired) electrons. The van der Waals surface area contributed by atoms with E-state index in [0.29, 0.717) is 6.54 Å². The van der Waals surface area contributed by atoms with Gasteiger partial charge in [-0.1, -0.05) is 30.3 Å². The number of carboxylic acids is 1. The normalized spacial score (nSPS) is 28.7. The summed E-state index contributed by atoms with van der Waals surface area (Å²) in [5, 5.41) is 17.9. The molecule has 1 heterocycles. The highest BCUT2D eigenvalue weighted by atomic mass is 19.1. The summed E-state index contributed by atoms with van der Waals surface area (Å²) in [6.07, 6.45) is -1.50. The van der Waals surface area contributed by atoms with E-state index in [2.05, 4.69) is 0 Å². The van der Waals surface area contributed by atoms with Crippen molar-refractivity contribution in [3.05, 3.63) is 35.9 Å². The van der Waals surface area contributed by atoms with E-state index >= 15 is 0 Å². The van der Waals surface area contributed by atoms with Crippen LogP contribution in [0.4, 0.5) is 4.39 Å². The maximum Gasteiger partial charge on any atom is 0.324 e. The van der Waals surface area contributed by atoms with Crippen LogP contribution >= 0.6 is 0 Å². The molecule has 4 nitrogen and oxygen atoms in total. The quantitative estimate of drug-likeness (QED) is 0.810. The molecule has 1 aromatic carbocycles. The molecule has 0 aromatic heterocycles. The molecule has 0 saturated carbocycles. The van der Waals surface area contributed by atoms with Crippen molar-refractivity contribution < 1.29 is 19.4 Å². The van der Waals surface area contributed by atoms with Crippen LogP contribution < -0.4 is 0 Å². The van der Waals surface area contributed by atoms with Gasteiger partial charge in [-0.25, -0.2) is 4.39 Å². The number of hydrogen-bond donors (Lipinski definition) is 2. The van der Waals surface area contributed by atoms with Gasteiger partial charge in [0.1, 0.15) is 12.2 Å². The van der Waals surface area contributed by atoms with E-state index in [-0.39, 0.29) is 6.61 Å². The van der Waals surface area contributed by atoms with E-state index in [9.17, 15) is 9.18 Å². The topological polar surface area (TPSA) is 60.8 Å². The number of carboxylic acid groups (broad SMARTS) is 1. The van der Waals surface area contributed by atoms with Crippen molar-refractivity contribution in [3.63, 3.8) is 0 Å². The second-order valence-electron chi connectivity index (χ2n) is 4.14. The Morgan fingerprint density at radius 1 is 1.35 bits per heavy atom. The third-order valence-electron chi connectivity index (χ3n) is 3.10. The summed E-state index contributed by atoms with van der Waals surface area (Å²) in [5.41, 5.74) is 0.907. The van der Waals surface area contributed by atoms with Gasteiger partial charge >= 0.3 is 5.97 Å². The summed E-state index contributed by atoms with van der Waals surface area (Å²) in [6.45, 7) is -0.0266. The molecule has 92 valence electrons.